The van der Waals surface area contributed by atoms with Gasteiger partial charge in [0.15, 0.2) is 0 Å². The highest BCUT2D eigenvalue weighted by Crippen LogP contribution is 2.25. The summed E-state index contributed by atoms with van der Waals surface area (Å²) in [7, 11) is 0. The van der Waals surface area contributed by atoms with Crippen LogP contribution in [0.5, 0.6) is 0 Å². The molecule has 0 aliphatic heterocycles. The molecular formula is C18H21BrN2. The van der Waals surface area contributed by atoms with Crippen LogP contribution in [0, 0.1) is 5.41 Å². The standard InChI is InChI=1S/C18H21BrN2/c1-18(2,3)14-6-4-13(5-7-14)17(12-20)21-16-10-8-15(19)9-11-16/h4-12,17,20-21H,1-3H3. The molecule has 0 spiro atoms. The first-order valence-electron chi connectivity index (χ1n) is 7.03. The zero-order chi connectivity index (χ0) is 15.5. The highest BCUT2D eigenvalue weighted by atomic mass is 79.9. The van der Waals surface area contributed by atoms with Crippen molar-refractivity contribution in [2.45, 2.75) is 32.2 Å². The minimum atomic E-state index is -0.111. The normalized spacial score (nSPS) is 12.8. The molecule has 1 unspecified atom stereocenters. The predicted molar refractivity (Wildman–Crippen MR) is 94.4 cm³/mol. The van der Waals surface area contributed by atoms with E-state index in [0.29, 0.717) is 0 Å². The van der Waals surface area contributed by atoms with Gasteiger partial charge in [-0.3, -0.25) is 0 Å². The fourth-order valence-corrected chi connectivity index (χ4v) is 2.40. The van der Waals surface area contributed by atoms with Crippen LogP contribution in [0.25, 0.3) is 0 Å². The van der Waals surface area contributed by atoms with Crippen LogP contribution in [0.4, 0.5) is 5.69 Å². The summed E-state index contributed by atoms with van der Waals surface area (Å²) in [6, 6.07) is 16.4. The molecule has 0 amide bonds. The van der Waals surface area contributed by atoms with Crippen molar-refractivity contribution < 1.29 is 0 Å². The second-order valence-corrected chi connectivity index (χ2v) is 7.08. The molecule has 0 aliphatic rings. The van der Waals surface area contributed by atoms with Crippen LogP contribution >= 0.6 is 15.9 Å². The van der Waals surface area contributed by atoms with Crippen LogP contribution < -0.4 is 5.32 Å². The molecule has 2 aromatic carbocycles. The summed E-state index contributed by atoms with van der Waals surface area (Å²) in [4.78, 5) is 0. The van der Waals surface area contributed by atoms with Gasteiger partial charge in [-0.25, -0.2) is 0 Å². The summed E-state index contributed by atoms with van der Waals surface area (Å²) < 4.78 is 1.05. The number of nitrogens with one attached hydrogen (secondary N) is 2. The maximum Gasteiger partial charge on any atom is 0.0862 e. The Kier molecular flexibility index (Phi) is 4.84. The lowest BCUT2D eigenvalue weighted by Crippen LogP contribution is -2.14. The molecule has 2 nitrogen and oxygen atoms in total. The first kappa shape index (κ1) is 15.8. The van der Waals surface area contributed by atoms with Crippen molar-refractivity contribution in [3.63, 3.8) is 0 Å². The van der Waals surface area contributed by atoms with Gasteiger partial charge in [0, 0.05) is 16.4 Å². The monoisotopic (exact) mass is 344 g/mol. The molecule has 1 atom stereocenters. The molecule has 0 saturated heterocycles. The summed E-state index contributed by atoms with van der Waals surface area (Å²) in [6.07, 6.45) is 1.44. The zero-order valence-electron chi connectivity index (χ0n) is 12.7. The third-order valence-corrected chi connectivity index (χ3v) is 4.00. The van der Waals surface area contributed by atoms with Gasteiger partial charge < -0.3 is 10.7 Å². The number of halogens is 1. The van der Waals surface area contributed by atoms with Gasteiger partial charge in [0.1, 0.15) is 0 Å². The lowest BCUT2D eigenvalue weighted by Gasteiger charge is -2.21. The topological polar surface area (TPSA) is 35.9 Å². The summed E-state index contributed by atoms with van der Waals surface area (Å²) in [5, 5.41) is 11.0. The van der Waals surface area contributed by atoms with E-state index in [1.807, 2.05) is 24.3 Å². The first-order chi connectivity index (χ1) is 9.90. The molecule has 21 heavy (non-hydrogen) atoms. The highest BCUT2D eigenvalue weighted by Gasteiger charge is 2.14. The lowest BCUT2D eigenvalue weighted by atomic mass is 9.86. The van der Waals surface area contributed by atoms with Crippen molar-refractivity contribution in [2.24, 2.45) is 0 Å². The van der Waals surface area contributed by atoms with Crippen LogP contribution in [0.15, 0.2) is 53.0 Å². The Hall–Kier alpha value is -1.61. The Balaban J connectivity index is 2.17. The summed E-state index contributed by atoms with van der Waals surface area (Å²) in [5.74, 6) is 0. The largest absolute Gasteiger partial charge is 0.373 e. The summed E-state index contributed by atoms with van der Waals surface area (Å²) >= 11 is 3.43. The van der Waals surface area contributed by atoms with E-state index in [2.05, 4.69) is 66.3 Å². The maximum atomic E-state index is 7.67. The van der Waals surface area contributed by atoms with Crippen molar-refractivity contribution in [1.82, 2.24) is 0 Å². The molecule has 0 fully saturated rings. The van der Waals surface area contributed by atoms with Crippen molar-refractivity contribution in [2.75, 3.05) is 5.32 Å². The Morgan fingerprint density at radius 1 is 1.00 bits per heavy atom. The Morgan fingerprint density at radius 2 is 1.57 bits per heavy atom. The van der Waals surface area contributed by atoms with E-state index in [9.17, 15) is 0 Å². The Labute approximate surface area is 135 Å². The summed E-state index contributed by atoms with van der Waals surface area (Å²) in [6.45, 7) is 6.61. The molecule has 0 saturated carbocycles. The van der Waals surface area contributed by atoms with Crippen molar-refractivity contribution in [3.05, 3.63) is 64.1 Å². The molecular weight excluding hydrogens is 324 g/mol. The van der Waals surface area contributed by atoms with Crippen molar-refractivity contribution in [3.8, 4) is 0 Å². The van der Waals surface area contributed by atoms with Gasteiger partial charge in [0.2, 0.25) is 0 Å². The Morgan fingerprint density at radius 3 is 2.05 bits per heavy atom. The quantitative estimate of drug-likeness (QED) is 0.700. The zero-order valence-corrected chi connectivity index (χ0v) is 14.2. The fourth-order valence-electron chi connectivity index (χ4n) is 2.14. The fraction of sp³-hybridized carbons (Fsp3) is 0.278. The first-order valence-corrected chi connectivity index (χ1v) is 7.82. The smallest absolute Gasteiger partial charge is 0.0862 e. The van der Waals surface area contributed by atoms with Gasteiger partial charge in [-0.2, -0.15) is 0 Å². The van der Waals surface area contributed by atoms with E-state index in [1.165, 1.54) is 11.8 Å². The third-order valence-electron chi connectivity index (χ3n) is 3.47. The second-order valence-electron chi connectivity index (χ2n) is 6.17. The van der Waals surface area contributed by atoms with Crippen LogP contribution in [-0.4, -0.2) is 6.21 Å². The number of rotatable bonds is 4. The van der Waals surface area contributed by atoms with Crippen LogP contribution in [0.2, 0.25) is 0 Å². The number of hydrogen-bond acceptors (Lipinski definition) is 2. The minimum absolute atomic E-state index is 0.111. The van der Waals surface area contributed by atoms with Gasteiger partial charge in [-0.05, 0) is 40.8 Å². The predicted octanol–water partition coefficient (Wildman–Crippen LogP) is 5.55. The van der Waals surface area contributed by atoms with E-state index in [1.54, 1.807) is 0 Å². The lowest BCUT2D eigenvalue weighted by molar-refractivity contribution is 0.590. The number of anilines is 1. The van der Waals surface area contributed by atoms with Gasteiger partial charge in [-0.15, -0.1) is 0 Å². The molecule has 0 aliphatic carbocycles. The molecule has 2 aromatic rings. The van der Waals surface area contributed by atoms with Gasteiger partial charge in [0.05, 0.1) is 6.04 Å². The average Bonchev–Trinajstić information content (AvgIpc) is 2.46. The molecule has 3 heteroatoms. The molecule has 2 rings (SSSR count). The minimum Gasteiger partial charge on any atom is -0.373 e. The van der Waals surface area contributed by atoms with Crippen molar-refractivity contribution in [1.29, 1.82) is 5.41 Å². The second kappa shape index (κ2) is 6.44. The van der Waals surface area contributed by atoms with E-state index in [0.717, 1.165) is 15.7 Å². The highest BCUT2D eigenvalue weighted by molar-refractivity contribution is 9.10. The molecule has 110 valence electrons. The maximum absolute atomic E-state index is 7.67. The van der Waals surface area contributed by atoms with E-state index in [-0.39, 0.29) is 11.5 Å². The molecule has 2 N–H and O–H groups in total. The number of benzene rings is 2. The average molecular weight is 345 g/mol. The number of hydrogen-bond donors (Lipinski definition) is 2. The van der Waals surface area contributed by atoms with Crippen LogP contribution in [-0.2, 0) is 5.41 Å². The van der Waals surface area contributed by atoms with E-state index in [4.69, 9.17) is 5.41 Å². The van der Waals surface area contributed by atoms with Gasteiger partial charge in [0.25, 0.3) is 0 Å². The van der Waals surface area contributed by atoms with Crippen molar-refractivity contribution >= 4 is 27.8 Å². The molecule has 0 bridgehead atoms. The van der Waals surface area contributed by atoms with E-state index >= 15 is 0 Å². The van der Waals surface area contributed by atoms with Gasteiger partial charge >= 0.3 is 0 Å². The Bertz CT molecular complexity index is 595. The SMILES string of the molecule is CC(C)(C)c1ccc(C(C=N)Nc2ccc(Br)cc2)cc1. The third kappa shape index (κ3) is 4.18. The summed E-state index contributed by atoms with van der Waals surface area (Å²) in [5.41, 5.74) is 3.56. The molecule has 0 aromatic heterocycles. The van der Waals surface area contributed by atoms with Gasteiger partial charge in [-0.1, -0.05) is 61.0 Å². The van der Waals surface area contributed by atoms with Crippen LogP contribution in [0.3, 0.4) is 0 Å². The van der Waals surface area contributed by atoms with E-state index < -0.39 is 0 Å². The van der Waals surface area contributed by atoms with Crippen LogP contribution in [0.1, 0.15) is 37.9 Å². The molecule has 0 heterocycles. The molecule has 0 radical (unpaired) electrons.